The van der Waals surface area contributed by atoms with E-state index in [1.807, 2.05) is 13.8 Å². The first-order valence-electron chi connectivity index (χ1n) is 5.89. The van der Waals surface area contributed by atoms with Crippen LogP contribution < -0.4 is 0 Å². The highest BCUT2D eigenvalue weighted by molar-refractivity contribution is 7.59. The molecule has 1 aromatic rings. The molecule has 2 rings (SSSR count). The summed E-state index contributed by atoms with van der Waals surface area (Å²) < 4.78 is 24.5. The van der Waals surface area contributed by atoms with E-state index in [1.165, 1.54) is 19.3 Å². The van der Waals surface area contributed by atoms with Crippen LogP contribution in [-0.4, -0.2) is 10.2 Å². The average Bonchev–Trinajstić information content (AvgIpc) is 2.82. The summed E-state index contributed by atoms with van der Waals surface area (Å²) in [6, 6.07) is 0. The lowest BCUT2D eigenvalue weighted by atomic mass is 9.90. The third-order valence-electron chi connectivity index (χ3n) is 2.60. The van der Waals surface area contributed by atoms with E-state index in [4.69, 9.17) is 0 Å². The Morgan fingerprint density at radius 2 is 1.71 bits per heavy atom. The fourth-order valence-corrected chi connectivity index (χ4v) is 2.72. The van der Waals surface area contributed by atoms with E-state index in [9.17, 15) is 8.78 Å². The highest BCUT2D eigenvalue weighted by Crippen LogP contribution is 2.35. The quantitative estimate of drug-likeness (QED) is 0.788. The molecule has 0 bridgehead atoms. The molecule has 0 amide bonds. The maximum absolute atomic E-state index is 12.3. The Hall–Kier alpha value is -0.230. The van der Waals surface area contributed by atoms with E-state index in [1.54, 1.807) is 0 Å². The van der Waals surface area contributed by atoms with Crippen LogP contribution in [0.15, 0.2) is 0 Å². The minimum Gasteiger partial charge on any atom is -0.202 e. The van der Waals surface area contributed by atoms with Crippen LogP contribution in [0.4, 0.5) is 8.78 Å². The molecule has 0 radical (unpaired) electrons. The molecule has 2 nitrogen and oxygen atoms in total. The van der Waals surface area contributed by atoms with Gasteiger partial charge in [-0.1, -0.05) is 44.4 Å². The summed E-state index contributed by atoms with van der Waals surface area (Å²) in [6.07, 6.45) is 3.33. The summed E-state index contributed by atoms with van der Waals surface area (Å²) in [7, 11) is 0. The van der Waals surface area contributed by atoms with Crippen LogP contribution in [0.25, 0.3) is 0 Å². The van der Waals surface area contributed by atoms with Crippen LogP contribution in [0.5, 0.6) is 0 Å². The minimum atomic E-state index is -2.47. The molecule has 1 aliphatic carbocycles. The van der Waals surface area contributed by atoms with Crippen molar-refractivity contribution >= 4 is 24.8 Å². The second-order valence-electron chi connectivity index (χ2n) is 3.61. The lowest BCUT2D eigenvalue weighted by molar-refractivity contribution is 0.150. The predicted octanol–water partition coefficient (Wildman–Crippen LogP) is 4.66. The Bertz CT molecular complexity index is 299. The second kappa shape index (κ2) is 8.80. The summed E-state index contributed by atoms with van der Waals surface area (Å²) in [5.74, 6) is 0.383. The third-order valence-corrected chi connectivity index (χ3v) is 3.69. The Kier molecular flexibility index (Phi) is 8.68. The van der Waals surface area contributed by atoms with Crippen molar-refractivity contribution in [3.05, 3.63) is 10.0 Å². The minimum absolute atomic E-state index is 0. The molecular formula is C11H20F2N2S2. The van der Waals surface area contributed by atoms with Crippen LogP contribution >= 0.6 is 24.8 Å². The molecule has 0 unspecified atom stereocenters. The van der Waals surface area contributed by atoms with E-state index in [2.05, 4.69) is 10.2 Å². The summed E-state index contributed by atoms with van der Waals surface area (Å²) in [5, 5.41) is 8.03. The molecule has 1 heterocycles. The number of hydrogen-bond donors (Lipinski definition) is 0. The van der Waals surface area contributed by atoms with Crippen molar-refractivity contribution in [3.63, 3.8) is 0 Å². The largest absolute Gasteiger partial charge is 0.291 e. The van der Waals surface area contributed by atoms with Gasteiger partial charge in [-0.3, -0.25) is 0 Å². The molecule has 100 valence electrons. The fraction of sp³-hybridized carbons (Fsp3) is 0.818. The SMILES string of the molecule is CC.FC(F)c1nnc(C2CCCCC2)s1.S. The van der Waals surface area contributed by atoms with Gasteiger partial charge in [-0.05, 0) is 12.8 Å². The van der Waals surface area contributed by atoms with Gasteiger partial charge in [-0.25, -0.2) is 8.78 Å². The summed E-state index contributed by atoms with van der Waals surface area (Å²) in [6.45, 7) is 4.00. The van der Waals surface area contributed by atoms with Crippen molar-refractivity contribution in [2.24, 2.45) is 0 Å². The van der Waals surface area contributed by atoms with Gasteiger partial charge in [-0.2, -0.15) is 13.5 Å². The molecule has 0 saturated heterocycles. The van der Waals surface area contributed by atoms with Crippen LogP contribution in [0.2, 0.25) is 0 Å². The summed E-state index contributed by atoms with van der Waals surface area (Å²) >= 11 is 1.08. The van der Waals surface area contributed by atoms with Gasteiger partial charge in [-0.15, -0.1) is 10.2 Å². The van der Waals surface area contributed by atoms with Crippen LogP contribution in [0, 0.1) is 0 Å². The molecule has 1 aliphatic rings. The smallest absolute Gasteiger partial charge is 0.202 e. The van der Waals surface area contributed by atoms with Gasteiger partial charge >= 0.3 is 0 Å². The number of aromatic nitrogens is 2. The molecule has 1 aromatic heterocycles. The normalized spacial score (nSPS) is 16.1. The van der Waals surface area contributed by atoms with Crippen molar-refractivity contribution in [2.45, 2.75) is 58.3 Å². The monoisotopic (exact) mass is 282 g/mol. The molecule has 1 saturated carbocycles. The van der Waals surface area contributed by atoms with Crippen molar-refractivity contribution in [1.82, 2.24) is 10.2 Å². The van der Waals surface area contributed by atoms with Crippen LogP contribution in [-0.2, 0) is 0 Å². The molecule has 1 fully saturated rings. The predicted molar refractivity (Wildman–Crippen MR) is 72.4 cm³/mol. The van der Waals surface area contributed by atoms with Crippen LogP contribution in [0.1, 0.15) is 68.3 Å². The molecule has 17 heavy (non-hydrogen) atoms. The van der Waals surface area contributed by atoms with Gasteiger partial charge in [0.05, 0.1) is 0 Å². The Balaban J connectivity index is 0.000000811. The number of halogens is 2. The standard InChI is InChI=1S/C9H12F2N2S.C2H6.H2S/c10-7(11)9-13-12-8(14-9)6-4-2-1-3-5-6;1-2;/h6-7H,1-5H2;1-2H3;1H2. The zero-order chi connectivity index (χ0) is 12.0. The molecule has 0 spiro atoms. The molecule has 0 aromatic carbocycles. The highest BCUT2D eigenvalue weighted by Gasteiger charge is 2.21. The maximum Gasteiger partial charge on any atom is 0.291 e. The van der Waals surface area contributed by atoms with Crippen molar-refractivity contribution in [3.8, 4) is 0 Å². The lowest BCUT2D eigenvalue weighted by Gasteiger charge is -2.18. The summed E-state index contributed by atoms with van der Waals surface area (Å²) in [4.78, 5) is 0. The molecule has 0 atom stereocenters. The Morgan fingerprint density at radius 1 is 1.12 bits per heavy atom. The van der Waals surface area contributed by atoms with Crippen molar-refractivity contribution in [2.75, 3.05) is 0 Å². The molecule has 0 N–H and O–H groups in total. The van der Waals surface area contributed by atoms with Gasteiger partial charge in [0, 0.05) is 5.92 Å². The first-order valence-corrected chi connectivity index (χ1v) is 6.70. The topological polar surface area (TPSA) is 25.8 Å². The number of alkyl halides is 2. The van der Waals surface area contributed by atoms with Gasteiger partial charge < -0.3 is 0 Å². The zero-order valence-electron chi connectivity index (χ0n) is 10.2. The fourth-order valence-electron chi connectivity index (χ4n) is 1.85. The first kappa shape index (κ1) is 16.8. The second-order valence-corrected chi connectivity index (χ2v) is 4.65. The maximum atomic E-state index is 12.3. The van der Waals surface area contributed by atoms with Crippen molar-refractivity contribution in [1.29, 1.82) is 0 Å². The zero-order valence-corrected chi connectivity index (χ0v) is 12.1. The van der Waals surface area contributed by atoms with Gasteiger partial charge in [0.2, 0.25) is 0 Å². The van der Waals surface area contributed by atoms with Gasteiger partial charge in [0.1, 0.15) is 5.01 Å². The third kappa shape index (κ3) is 4.87. The van der Waals surface area contributed by atoms with E-state index in [-0.39, 0.29) is 18.5 Å². The Morgan fingerprint density at radius 3 is 2.18 bits per heavy atom. The average molecular weight is 282 g/mol. The number of hydrogen-bond acceptors (Lipinski definition) is 3. The number of rotatable bonds is 2. The van der Waals surface area contributed by atoms with Gasteiger partial charge in [0.25, 0.3) is 6.43 Å². The molecule has 6 heteroatoms. The van der Waals surface area contributed by atoms with E-state index >= 15 is 0 Å². The lowest BCUT2D eigenvalue weighted by Crippen LogP contribution is -2.03. The highest BCUT2D eigenvalue weighted by atomic mass is 32.1. The Labute approximate surface area is 112 Å². The molecule has 0 aliphatic heterocycles. The van der Waals surface area contributed by atoms with E-state index in [0.717, 1.165) is 29.2 Å². The first-order chi connectivity index (χ1) is 7.77. The van der Waals surface area contributed by atoms with E-state index in [0.29, 0.717) is 5.92 Å². The van der Waals surface area contributed by atoms with Crippen LogP contribution in [0.3, 0.4) is 0 Å². The molecular weight excluding hydrogens is 262 g/mol. The van der Waals surface area contributed by atoms with Crippen molar-refractivity contribution < 1.29 is 8.78 Å². The van der Waals surface area contributed by atoms with E-state index < -0.39 is 6.43 Å². The summed E-state index contributed by atoms with van der Waals surface area (Å²) in [5.41, 5.74) is 0. The number of nitrogens with zero attached hydrogens (tertiary/aromatic N) is 2. The van der Waals surface area contributed by atoms with Gasteiger partial charge in [0.15, 0.2) is 5.01 Å².